The van der Waals surface area contributed by atoms with Gasteiger partial charge in [-0.05, 0) is 70.8 Å². The minimum absolute atomic E-state index is 0.391. The van der Waals surface area contributed by atoms with Gasteiger partial charge in [0.25, 0.3) is 0 Å². The summed E-state index contributed by atoms with van der Waals surface area (Å²) in [6.45, 7) is 5.89. The van der Waals surface area contributed by atoms with Crippen molar-refractivity contribution in [3.05, 3.63) is 30.6 Å². The Morgan fingerprint density at radius 2 is 2.16 bits per heavy atom. The largest absolute Gasteiger partial charge is 0.327 e. The Kier molecular flexibility index (Phi) is 5.06. The van der Waals surface area contributed by atoms with Gasteiger partial charge in [0.05, 0.1) is 23.5 Å². The Balaban J connectivity index is 1.41. The summed E-state index contributed by atoms with van der Waals surface area (Å²) < 4.78 is 2.38. The first-order chi connectivity index (χ1) is 12.2. The second-order valence-corrected chi connectivity index (χ2v) is 7.95. The number of nitrogens with zero attached hydrogens (tertiary/aromatic N) is 3. The lowest BCUT2D eigenvalue weighted by Gasteiger charge is -2.38. The number of likely N-dealkylation sites (tertiary alicyclic amines) is 1. The van der Waals surface area contributed by atoms with Crippen LogP contribution in [0.5, 0.6) is 0 Å². The van der Waals surface area contributed by atoms with Crippen LogP contribution in [0.15, 0.2) is 30.6 Å². The van der Waals surface area contributed by atoms with Gasteiger partial charge in [-0.3, -0.25) is 5.32 Å². The summed E-state index contributed by atoms with van der Waals surface area (Å²) in [5, 5.41) is 7.56. The van der Waals surface area contributed by atoms with Crippen LogP contribution >= 0.6 is 0 Å². The van der Waals surface area contributed by atoms with E-state index in [4.69, 9.17) is 0 Å². The summed E-state index contributed by atoms with van der Waals surface area (Å²) >= 11 is 0. The van der Waals surface area contributed by atoms with Crippen molar-refractivity contribution < 1.29 is 0 Å². The quantitative estimate of drug-likeness (QED) is 0.897. The van der Waals surface area contributed by atoms with Gasteiger partial charge < -0.3 is 14.8 Å². The van der Waals surface area contributed by atoms with Crippen molar-refractivity contribution in [1.82, 2.24) is 25.1 Å². The van der Waals surface area contributed by atoms with E-state index in [0.717, 1.165) is 24.4 Å². The molecule has 0 spiro atoms. The summed E-state index contributed by atoms with van der Waals surface area (Å²) in [4.78, 5) is 7.05. The fourth-order valence-electron chi connectivity index (χ4n) is 4.61. The van der Waals surface area contributed by atoms with Gasteiger partial charge in [0, 0.05) is 18.6 Å². The molecule has 5 nitrogen and oxygen atoms in total. The Labute approximate surface area is 150 Å². The SMILES string of the molecule is CC(NC1CC(n2cnc3ccccc32)CCN1)C1CCCN(C)C1. The van der Waals surface area contributed by atoms with Gasteiger partial charge in [0.1, 0.15) is 0 Å². The highest BCUT2D eigenvalue weighted by atomic mass is 15.2. The lowest BCUT2D eigenvalue weighted by molar-refractivity contribution is 0.158. The van der Waals surface area contributed by atoms with Gasteiger partial charge in [-0.1, -0.05) is 12.1 Å². The first-order valence-corrected chi connectivity index (χ1v) is 9.80. The Bertz CT molecular complexity index is 696. The van der Waals surface area contributed by atoms with E-state index in [-0.39, 0.29) is 0 Å². The fourth-order valence-corrected chi connectivity index (χ4v) is 4.61. The molecular weight excluding hydrogens is 310 g/mol. The molecule has 5 heteroatoms. The third-order valence-electron chi connectivity index (χ3n) is 6.08. The van der Waals surface area contributed by atoms with Crippen LogP contribution in [0.1, 0.15) is 38.6 Å². The lowest BCUT2D eigenvalue weighted by atomic mass is 9.91. The van der Waals surface area contributed by atoms with E-state index in [1.807, 2.05) is 6.33 Å². The number of fused-ring (bicyclic) bond motifs is 1. The summed E-state index contributed by atoms with van der Waals surface area (Å²) in [5.41, 5.74) is 2.36. The molecule has 2 saturated heterocycles. The summed E-state index contributed by atoms with van der Waals surface area (Å²) in [7, 11) is 2.25. The monoisotopic (exact) mass is 341 g/mol. The zero-order valence-corrected chi connectivity index (χ0v) is 15.5. The zero-order valence-electron chi connectivity index (χ0n) is 15.5. The Hall–Kier alpha value is -1.43. The number of aromatic nitrogens is 2. The summed E-state index contributed by atoms with van der Waals surface area (Å²) in [6.07, 6.45) is 7.38. The highest BCUT2D eigenvalue weighted by molar-refractivity contribution is 5.75. The van der Waals surface area contributed by atoms with Crippen LogP contribution < -0.4 is 10.6 Å². The third kappa shape index (κ3) is 3.73. The molecule has 2 fully saturated rings. The fraction of sp³-hybridized carbons (Fsp3) is 0.650. The van der Waals surface area contributed by atoms with Crippen LogP contribution in [0, 0.1) is 5.92 Å². The summed E-state index contributed by atoms with van der Waals surface area (Å²) in [6, 6.07) is 9.54. The van der Waals surface area contributed by atoms with Gasteiger partial charge in [-0.15, -0.1) is 0 Å². The lowest BCUT2D eigenvalue weighted by Crippen LogP contribution is -2.54. The number of nitrogens with one attached hydrogen (secondary N) is 2. The maximum atomic E-state index is 4.58. The smallest absolute Gasteiger partial charge is 0.0960 e. The van der Waals surface area contributed by atoms with Gasteiger partial charge in [0.2, 0.25) is 0 Å². The first kappa shape index (κ1) is 17.0. The zero-order chi connectivity index (χ0) is 17.2. The molecule has 2 aliphatic heterocycles. The van der Waals surface area contributed by atoms with Crippen molar-refractivity contribution in [2.45, 2.75) is 50.9 Å². The number of imidazole rings is 1. The topological polar surface area (TPSA) is 45.1 Å². The molecular formula is C20H31N5. The van der Waals surface area contributed by atoms with Crippen LogP contribution in [0.2, 0.25) is 0 Å². The average Bonchev–Trinajstić information content (AvgIpc) is 3.06. The van der Waals surface area contributed by atoms with Crippen molar-refractivity contribution in [3.8, 4) is 0 Å². The molecule has 136 valence electrons. The van der Waals surface area contributed by atoms with Crippen molar-refractivity contribution in [3.63, 3.8) is 0 Å². The Morgan fingerprint density at radius 3 is 3.04 bits per heavy atom. The molecule has 0 radical (unpaired) electrons. The predicted octanol–water partition coefficient (Wildman–Crippen LogP) is 2.61. The molecule has 4 atom stereocenters. The number of para-hydroxylation sites is 2. The van der Waals surface area contributed by atoms with Crippen LogP contribution in [-0.4, -0.2) is 53.3 Å². The minimum atomic E-state index is 0.391. The number of hydrogen-bond donors (Lipinski definition) is 2. The number of hydrogen-bond acceptors (Lipinski definition) is 4. The van der Waals surface area contributed by atoms with Crippen LogP contribution in [0.3, 0.4) is 0 Å². The normalized spacial score (nSPS) is 29.8. The Morgan fingerprint density at radius 1 is 1.28 bits per heavy atom. The maximum absolute atomic E-state index is 4.58. The van der Waals surface area contributed by atoms with Crippen molar-refractivity contribution in [2.24, 2.45) is 5.92 Å². The molecule has 0 saturated carbocycles. The molecule has 1 aromatic heterocycles. The molecule has 25 heavy (non-hydrogen) atoms. The van der Waals surface area contributed by atoms with Crippen LogP contribution in [0.4, 0.5) is 0 Å². The highest BCUT2D eigenvalue weighted by Crippen LogP contribution is 2.26. The van der Waals surface area contributed by atoms with E-state index < -0.39 is 0 Å². The van der Waals surface area contributed by atoms with E-state index in [1.165, 1.54) is 37.9 Å². The second-order valence-electron chi connectivity index (χ2n) is 7.95. The molecule has 2 N–H and O–H groups in total. The average molecular weight is 342 g/mol. The molecule has 3 heterocycles. The molecule has 1 aromatic carbocycles. The van der Waals surface area contributed by atoms with Crippen LogP contribution in [-0.2, 0) is 0 Å². The molecule has 0 amide bonds. The van der Waals surface area contributed by atoms with Gasteiger partial charge in [-0.2, -0.15) is 0 Å². The van der Waals surface area contributed by atoms with E-state index in [0.29, 0.717) is 18.2 Å². The van der Waals surface area contributed by atoms with E-state index in [1.54, 1.807) is 0 Å². The molecule has 4 rings (SSSR count). The third-order valence-corrected chi connectivity index (χ3v) is 6.08. The molecule has 2 aromatic rings. The number of rotatable bonds is 4. The standard InChI is InChI=1S/C20H31N5/c1-15(16-6-5-11-24(2)13-16)23-20-12-17(9-10-21-20)25-14-22-18-7-3-4-8-19(18)25/h3-4,7-8,14-17,20-21,23H,5-6,9-13H2,1-2H3. The molecule has 0 aliphatic carbocycles. The van der Waals surface area contributed by atoms with Crippen molar-refractivity contribution in [2.75, 3.05) is 26.7 Å². The van der Waals surface area contributed by atoms with Gasteiger partial charge in [-0.25, -0.2) is 4.98 Å². The van der Waals surface area contributed by atoms with Crippen LogP contribution in [0.25, 0.3) is 11.0 Å². The van der Waals surface area contributed by atoms with Gasteiger partial charge in [0.15, 0.2) is 0 Å². The second kappa shape index (κ2) is 7.44. The highest BCUT2D eigenvalue weighted by Gasteiger charge is 2.28. The molecule has 2 aliphatic rings. The molecule has 0 bridgehead atoms. The minimum Gasteiger partial charge on any atom is -0.327 e. The summed E-state index contributed by atoms with van der Waals surface area (Å²) in [5.74, 6) is 0.759. The predicted molar refractivity (Wildman–Crippen MR) is 103 cm³/mol. The van der Waals surface area contributed by atoms with Crippen molar-refractivity contribution in [1.29, 1.82) is 0 Å². The number of benzene rings is 1. The van der Waals surface area contributed by atoms with Crippen molar-refractivity contribution >= 4 is 11.0 Å². The van der Waals surface area contributed by atoms with E-state index in [9.17, 15) is 0 Å². The van der Waals surface area contributed by atoms with Gasteiger partial charge >= 0.3 is 0 Å². The van der Waals surface area contributed by atoms with E-state index >= 15 is 0 Å². The maximum Gasteiger partial charge on any atom is 0.0960 e. The number of piperidine rings is 2. The first-order valence-electron chi connectivity index (χ1n) is 9.80. The van der Waals surface area contributed by atoms with E-state index in [2.05, 4.69) is 63.3 Å². The molecule has 4 unspecified atom stereocenters.